The van der Waals surface area contributed by atoms with Crippen LogP contribution in [0.3, 0.4) is 0 Å². The lowest BCUT2D eigenvalue weighted by atomic mass is 9.97. The highest BCUT2D eigenvalue weighted by molar-refractivity contribution is 6.31. The molecular formula is C38H48ClN5O7. The Hall–Kier alpha value is -4.19. The lowest BCUT2D eigenvalue weighted by Gasteiger charge is -2.38. The van der Waals surface area contributed by atoms with Gasteiger partial charge in [0.05, 0.1) is 19.2 Å². The topological polar surface area (TPSA) is 137 Å². The summed E-state index contributed by atoms with van der Waals surface area (Å²) in [6.07, 6.45) is 11.0. The van der Waals surface area contributed by atoms with E-state index < -0.39 is 30.1 Å². The summed E-state index contributed by atoms with van der Waals surface area (Å²) in [5.74, 6) is -2.36. The van der Waals surface area contributed by atoms with Gasteiger partial charge in [0.1, 0.15) is 30.7 Å². The van der Waals surface area contributed by atoms with E-state index in [0.717, 1.165) is 0 Å². The van der Waals surface area contributed by atoms with E-state index in [9.17, 15) is 28.8 Å². The number of carbonyl (C=O) groups is 6. The van der Waals surface area contributed by atoms with Crippen LogP contribution < -0.4 is 5.32 Å². The first kappa shape index (κ1) is 36.6. The fourth-order valence-electron chi connectivity index (χ4n) is 8.69. The van der Waals surface area contributed by atoms with Crippen LogP contribution in [0.4, 0.5) is 0 Å². The molecule has 0 aromatic heterocycles. The standard InChI is InChI=1S/C38H48ClN5O7/c1-22(2)19-28-12-10-24-16-18-42(33(24)37(49)43(28)21-32(46)51-4)36(48)31-14-13-27-11-9-25-15-17-41(34(25)38(50)44(27)31)35(47)30(40-23(3)45)20-26-7-5-6-8-29(26)39/h5-12,22,24-25,27-28,30-31,33-34H,13-21H2,1-4H3,(H,40,45)/t24-,25-,27-,28-,30?,31-,33-,34-/m0/s1. The van der Waals surface area contributed by atoms with Gasteiger partial charge in [0.15, 0.2) is 0 Å². The summed E-state index contributed by atoms with van der Waals surface area (Å²) in [5, 5.41) is 3.25. The van der Waals surface area contributed by atoms with Crippen LogP contribution in [0.5, 0.6) is 0 Å². The maximum atomic E-state index is 14.6. The second-order valence-electron chi connectivity index (χ2n) is 14.8. The number of benzene rings is 1. The highest BCUT2D eigenvalue weighted by Crippen LogP contribution is 2.39. The van der Waals surface area contributed by atoms with E-state index in [2.05, 4.69) is 19.2 Å². The Morgan fingerprint density at radius 2 is 1.57 bits per heavy atom. The molecule has 1 N–H and O–H groups in total. The predicted molar refractivity (Wildman–Crippen MR) is 189 cm³/mol. The Balaban J connectivity index is 1.24. The molecule has 5 heterocycles. The molecule has 1 aromatic rings. The number of carbonyl (C=O) groups excluding carboxylic acids is 6. The molecule has 5 amide bonds. The molecule has 6 rings (SSSR count). The van der Waals surface area contributed by atoms with Gasteiger partial charge in [-0.1, -0.05) is 68.0 Å². The van der Waals surface area contributed by atoms with Crippen molar-refractivity contribution >= 4 is 47.1 Å². The van der Waals surface area contributed by atoms with Crippen LogP contribution >= 0.6 is 11.6 Å². The van der Waals surface area contributed by atoms with Gasteiger partial charge in [-0.05, 0) is 49.7 Å². The third-order valence-corrected chi connectivity index (χ3v) is 11.4. The van der Waals surface area contributed by atoms with Gasteiger partial charge < -0.3 is 29.7 Å². The molecule has 0 radical (unpaired) electrons. The first-order chi connectivity index (χ1) is 24.4. The number of methoxy groups -OCH3 is 1. The number of ether oxygens (including phenoxy) is 1. The van der Waals surface area contributed by atoms with E-state index >= 15 is 0 Å². The number of hydrogen-bond donors (Lipinski definition) is 1. The highest BCUT2D eigenvalue weighted by Gasteiger charge is 2.54. The Bertz CT molecular complexity index is 1630. The third-order valence-electron chi connectivity index (χ3n) is 11.1. The van der Waals surface area contributed by atoms with Crippen LogP contribution in [0.2, 0.25) is 5.02 Å². The summed E-state index contributed by atoms with van der Waals surface area (Å²) in [7, 11) is 1.29. The van der Waals surface area contributed by atoms with Gasteiger partial charge in [0, 0.05) is 43.3 Å². The largest absolute Gasteiger partial charge is 0.468 e. The van der Waals surface area contributed by atoms with Crippen molar-refractivity contribution in [2.75, 3.05) is 26.7 Å². The maximum absolute atomic E-state index is 14.6. The van der Waals surface area contributed by atoms with Gasteiger partial charge in [-0.3, -0.25) is 28.8 Å². The van der Waals surface area contributed by atoms with Gasteiger partial charge in [0.2, 0.25) is 29.5 Å². The zero-order valence-electron chi connectivity index (χ0n) is 29.7. The number of nitrogens with one attached hydrogen (secondary N) is 1. The molecule has 5 aliphatic heterocycles. The molecule has 13 heteroatoms. The Morgan fingerprint density at radius 1 is 0.902 bits per heavy atom. The zero-order valence-corrected chi connectivity index (χ0v) is 30.5. The monoisotopic (exact) mass is 721 g/mol. The number of likely N-dealkylation sites (tertiary alicyclic amines) is 2. The molecule has 5 aliphatic rings. The fourth-order valence-corrected chi connectivity index (χ4v) is 8.90. The molecular weight excluding hydrogens is 674 g/mol. The number of hydrogen-bond acceptors (Lipinski definition) is 7. The van der Waals surface area contributed by atoms with Crippen molar-refractivity contribution in [2.24, 2.45) is 17.8 Å². The van der Waals surface area contributed by atoms with E-state index in [1.54, 1.807) is 32.9 Å². The van der Waals surface area contributed by atoms with E-state index in [1.165, 1.54) is 18.9 Å². The smallest absolute Gasteiger partial charge is 0.325 e. The number of esters is 1. The van der Waals surface area contributed by atoms with Crippen LogP contribution in [0.15, 0.2) is 48.6 Å². The van der Waals surface area contributed by atoms with Gasteiger partial charge in [-0.25, -0.2) is 0 Å². The number of nitrogens with zero attached hydrogens (tertiary/aromatic N) is 4. The van der Waals surface area contributed by atoms with Gasteiger partial charge >= 0.3 is 5.97 Å². The second kappa shape index (κ2) is 15.2. The molecule has 0 saturated carbocycles. The third kappa shape index (κ3) is 7.29. The number of fused-ring (bicyclic) bond motifs is 3. The molecule has 1 aromatic carbocycles. The summed E-state index contributed by atoms with van der Waals surface area (Å²) in [4.78, 5) is 88.7. The fraction of sp³-hybridized carbons (Fsp3) is 0.579. The van der Waals surface area contributed by atoms with Crippen LogP contribution in [0.1, 0.15) is 58.4 Å². The van der Waals surface area contributed by atoms with Crippen molar-refractivity contribution in [3.05, 3.63) is 59.2 Å². The Kier molecular flexibility index (Phi) is 10.9. The van der Waals surface area contributed by atoms with Crippen LogP contribution in [0.25, 0.3) is 0 Å². The number of amides is 5. The molecule has 51 heavy (non-hydrogen) atoms. The minimum atomic E-state index is -0.934. The van der Waals surface area contributed by atoms with E-state index in [-0.39, 0.29) is 72.3 Å². The molecule has 0 aliphatic carbocycles. The van der Waals surface area contributed by atoms with Crippen molar-refractivity contribution in [1.29, 1.82) is 0 Å². The average molecular weight is 722 g/mol. The summed E-state index contributed by atoms with van der Waals surface area (Å²) < 4.78 is 4.93. The van der Waals surface area contributed by atoms with Crippen molar-refractivity contribution < 1.29 is 33.5 Å². The minimum Gasteiger partial charge on any atom is -0.468 e. The normalized spacial score (nSPS) is 29.0. The van der Waals surface area contributed by atoms with Crippen molar-refractivity contribution in [3.8, 4) is 0 Å². The van der Waals surface area contributed by atoms with E-state index in [1.807, 2.05) is 30.4 Å². The predicted octanol–water partition coefficient (Wildman–Crippen LogP) is 2.74. The first-order valence-electron chi connectivity index (χ1n) is 18.1. The van der Waals surface area contributed by atoms with E-state index in [0.29, 0.717) is 55.8 Å². The summed E-state index contributed by atoms with van der Waals surface area (Å²) >= 11 is 6.42. The van der Waals surface area contributed by atoms with Crippen molar-refractivity contribution in [2.45, 2.75) is 95.5 Å². The lowest BCUT2D eigenvalue weighted by Crippen LogP contribution is -2.60. The zero-order chi connectivity index (χ0) is 36.6. The van der Waals surface area contributed by atoms with Crippen LogP contribution in [0, 0.1) is 17.8 Å². The molecule has 8 atom stereocenters. The SMILES string of the molecule is COC(=O)CN1C(=O)[C@@H]2[C@@H](C=C[C@H]1CC(C)C)CCN2C(=O)[C@@H]1CC[C@@H]2C=C[C@H]3CCN(C(=O)C(Cc4ccccc4Cl)NC(C)=O)[C@@H]3C(=O)N21. The summed E-state index contributed by atoms with van der Waals surface area (Å²) in [5.41, 5.74) is 0.701. The lowest BCUT2D eigenvalue weighted by molar-refractivity contribution is -0.155. The van der Waals surface area contributed by atoms with E-state index in [4.69, 9.17) is 16.3 Å². The first-order valence-corrected chi connectivity index (χ1v) is 18.4. The summed E-state index contributed by atoms with van der Waals surface area (Å²) in [6.45, 7) is 5.92. The molecule has 12 nitrogen and oxygen atoms in total. The van der Waals surface area contributed by atoms with Crippen LogP contribution in [-0.4, -0.2) is 118 Å². The second-order valence-corrected chi connectivity index (χ2v) is 15.2. The molecule has 0 spiro atoms. The average Bonchev–Trinajstić information content (AvgIpc) is 3.80. The molecule has 3 saturated heterocycles. The van der Waals surface area contributed by atoms with Crippen molar-refractivity contribution in [3.63, 3.8) is 0 Å². The van der Waals surface area contributed by atoms with Gasteiger partial charge in [0.25, 0.3) is 0 Å². The number of rotatable bonds is 9. The highest BCUT2D eigenvalue weighted by atomic mass is 35.5. The minimum absolute atomic E-state index is 0.161. The Morgan fingerprint density at radius 3 is 2.24 bits per heavy atom. The quantitative estimate of drug-likeness (QED) is 0.306. The van der Waals surface area contributed by atoms with Crippen LogP contribution in [-0.2, 0) is 39.9 Å². The molecule has 274 valence electrons. The Labute approximate surface area is 304 Å². The van der Waals surface area contributed by atoms with Crippen molar-refractivity contribution in [1.82, 2.24) is 24.9 Å². The number of halogens is 1. The summed E-state index contributed by atoms with van der Waals surface area (Å²) in [6, 6.07) is 3.13. The molecule has 0 bridgehead atoms. The maximum Gasteiger partial charge on any atom is 0.325 e. The van der Waals surface area contributed by atoms with Gasteiger partial charge in [-0.2, -0.15) is 0 Å². The molecule has 1 unspecified atom stereocenters. The van der Waals surface area contributed by atoms with Gasteiger partial charge in [-0.15, -0.1) is 0 Å². The molecule has 3 fully saturated rings.